The molecule has 0 spiro atoms. The quantitative estimate of drug-likeness (QED) is 0.591. The maximum atomic E-state index is 2.37. The Hall–Kier alpha value is 0.430. The number of hydrogen-bond donors (Lipinski definition) is 0. The van der Waals surface area contributed by atoms with Crippen molar-refractivity contribution in [1.82, 2.24) is 0 Å². The Morgan fingerprint density at radius 3 is 2.23 bits per heavy atom. The fraction of sp³-hybridized carbons (Fsp3) is 1.00. The molecule has 0 amide bonds. The first-order chi connectivity index (χ1) is 6.08. The van der Waals surface area contributed by atoms with Crippen LogP contribution in [0, 0.1) is 5.92 Å². The van der Waals surface area contributed by atoms with Gasteiger partial charge in [-0.05, 0) is 23.7 Å². The van der Waals surface area contributed by atoms with Crippen LogP contribution < -0.4 is 0 Å². The Bertz CT molecular complexity index is 129. The lowest BCUT2D eigenvalue weighted by Crippen LogP contribution is -2.10. The molecule has 0 nitrogen and oxygen atoms in total. The van der Waals surface area contributed by atoms with Gasteiger partial charge in [0.05, 0.1) is 0 Å². The molecule has 1 fully saturated rings. The molecule has 0 N–H and O–H groups in total. The van der Waals surface area contributed by atoms with Crippen LogP contribution >= 0.6 is 8.58 Å². The van der Waals surface area contributed by atoms with E-state index in [1.165, 1.54) is 53.3 Å². The Labute approximate surface area is 85.7 Å². The molecular weight excluding hydrogens is 175 g/mol. The lowest BCUT2D eigenvalue weighted by molar-refractivity contribution is 0.351. The first-order valence-corrected chi connectivity index (χ1v) is 7.04. The summed E-state index contributed by atoms with van der Waals surface area (Å²) in [4.78, 5) is 0. The van der Waals surface area contributed by atoms with Gasteiger partial charge in [-0.2, -0.15) is 0 Å². The highest BCUT2D eigenvalue weighted by Gasteiger charge is 2.15. The van der Waals surface area contributed by atoms with Crippen molar-refractivity contribution >= 4 is 8.58 Å². The van der Waals surface area contributed by atoms with E-state index in [0.717, 1.165) is 5.92 Å². The van der Waals surface area contributed by atoms with Gasteiger partial charge in [0.2, 0.25) is 0 Å². The maximum Gasteiger partial charge on any atom is -0.0207 e. The van der Waals surface area contributed by atoms with Crippen molar-refractivity contribution in [3.05, 3.63) is 0 Å². The Balaban J connectivity index is 2.04. The summed E-state index contributed by atoms with van der Waals surface area (Å²) in [6, 6.07) is 0. The molecule has 1 saturated carbocycles. The first-order valence-electron chi connectivity index (χ1n) is 5.83. The zero-order valence-corrected chi connectivity index (χ0v) is 10.5. The van der Waals surface area contributed by atoms with E-state index < -0.39 is 0 Å². The highest BCUT2D eigenvalue weighted by molar-refractivity contribution is 7.39. The van der Waals surface area contributed by atoms with Crippen molar-refractivity contribution in [3.63, 3.8) is 0 Å². The van der Waals surface area contributed by atoms with E-state index in [2.05, 4.69) is 20.8 Å². The highest BCUT2D eigenvalue weighted by atomic mass is 31.1. The van der Waals surface area contributed by atoms with Gasteiger partial charge in [-0.25, -0.2) is 0 Å². The first kappa shape index (κ1) is 11.5. The van der Waals surface area contributed by atoms with Crippen LogP contribution in [0.1, 0.15) is 59.3 Å². The smallest absolute Gasteiger partial charge is 0.0207 e. The predicted octanol–water partition coefficient (Wildman–Crippen LogP) is 4.43. The minimum Gasteiger partial charge on any atom is -0.116 e. The van der Waals surface area contributed by atoms with E-state index in [1.807, 2.05) is 0 Å². The molecule has 0 bridgehead atoms. The van der Waals surface area contributed by atoms with Gasteiger partial charge in [0, 0.05) is 0 Å². The molecule has 78 valence electrons. The summed E-state index contributed by atoms with van der Waals surface area (Å²) in [6.45, 7) is 7.10. The molecule has 1 aliphatic carbocycles. The van der Waals surface area contributed by atoms with Gasteiger partial charge < -0.3 is 0 Å². The Morgan fingerprint density at radius 2 is 1.69 bits per heavy atom. The molecule has 0 aromatic heterocycles. The minimum absolute atomic E-state index is 0.578. The predicted molar refractivity (Wildman–Crippen MR) is 64.1 cm³/mol. The largest absolute Gasteiger partial charge is 0.116 e. The van der Waals surface area contributed by atoms with Gasteiger partial charge >= 0.3 is 0 Å². The summed E-state index contributed by atoms with van der Waals surface area (Å²) in [5.41, 5.74) is 0. The Kier molecular flexibility index (Phi) is 4.73. The molecule has 1 rings (SSSR count). The summed E-state index contributed by atoms with van der Waals surface area (Å²) in [5.74, 6) is 1.09. The molecule has 1 unspecified atom stereocenters. The third kappa shape index (κ3) is 5.68. The van der Waals surface area contributed by atoms with Crippen LogP contribution in [0.5, 0.6) is 0 Å². The molecule has 0 radical (unpaired) electrons. The lowest BCUT2D eigenvalue weighted by atomic mass is 9.88. The third-order valence-corrected chi connectivity index (χ3v) is 4.53. The zero-order chi connectivity index (χ0) is 9.73. The second-order valence-electron chi connectivity index (χ2n) is 5.47. The average molecular weight is 200 g/mol. The van der Waals surface area contributed by atoms with Crippen molar-refractivity contribution in [2.75, 3.05) is 6.16 Å². The molecule has 0 aliphatic heterocycles. The summed E-state index contributed by atoms with van der Waals surface area (Å²) >= 11 is 0. The summed E-state index contributed by atoms with van der Waals surface area (Å²) < 4.78 is 0. The maximum absolute atomic E-state index is 2.37. The monoisotopic (exact) mass is 200 g/mol. The molecule has 1 aliphatic rings. The van der Waals surface area contributed by atoms with E-state index in [4.69, 9.17) is 0 Å². The zero-order valence-electron chi connectivity index (χ0n) is 9.53. The summed E-state index contributed by atoms with van der Waals surface area (Å²) in [5, 5.41) is 0.578. The van der Waals surface area contributed by atoms with Crippen molar-refractivity contribution in [1.29, 1.82) is 0 Å². The molecule has 0 aromatic rings. The lowest BCUT2D eigenvalue weighted by Gasteiger charge is -2.24. The van der Waals surface area contributed by atoms with E-state index in [9.17, 15) is 0 Å². The molecule has 1 heteroatoms. The van der Waals surface area contributed by atoms with Gasteiger partial charge in [0.15, 0.2) is 0 Å². The van der Waals surface area contributed by atoms with Crippen molar-refractivity contribution < 1.29 is 0 Å². The standard InChI is InChI=1S/C12H25P/c1-12(2,3)13-10-9-11-7-5-4-6-8-11/h11,13H,4-10H2,1-3H3. The van der Waals surface area contributed by atoms with Crippen molar-refractivity contribution in [2.45, 2.75) is 64.5 Å². The van der Waals surface area contributed by atoms with Gasteiger partial charge in [0.25, 0.3) is 0 Å². The van der Waals surface area contributed by atoms with Crippen molar-refractivity contribution in [2.24, 2.45) is 5.92 Å². The molecule has 1 atom stereocenters. The van der Waals surface area contributed by atoms with Crippen molar-refractivity contribution in [3.8, 4) is 0 Å². The second-order valence-corrected chi connectivity index (χ2v) is 7.82. The SMILES string of the molecule is CC(C)(C)PCCC1CCCCC1. The highest BCUT2D eigenvalue weighted by Crippen LogP contribution is 2.34. The second kappa shape index (κ2) is 5.35. The fourth-order valence-electron chi connectivity index (χ4n) is 2.13. The summed E-state index contributed by atoms with van der Waals surface area (Å²) in [6.07, 6.45) is 10.5. The molecule has 0 heterocycles. The Morgan fingerprint density at radius 1 is 1.08 bits per heavy atom. The average Bonchev–Trinajstić information content (AvgIpc) is 2.04. The van der Waals surface area contributed by atoms with Crippen LogP contribution in [0.2, 0.25) is 0 Å². The summed E-state index contributed by atoms with van der Waals surface area (Å²) in [7, 11) is 1.17. The van der Waals surface area contributed by atoms with Crippen LogP contribution in [0.15, 0.2) is 0 Å². The van der Waals surface area contributed by atoms with Gasteiger partial charge in [0.1, 0.15) is 0 Å². The van der Waals surface area contributed by atoms with Crippen LogP contribution in [-0.4, -0.2) is 11.3 Å². The topological polar surface area (TPSA) is 0 Å². The fourth-order valence-corrected chi connectivity index (χ4v) is 3.43. The molecule has 0 aromatic carbocycles. The van der Waals surface area contributed by atoms with Crippen LogP contribution in [0.25, 0.3) is 0 Å². The van der Waals surface area contributed by atoms with E-state index in [-0.39, 0.29) is 0 Å². The minimum atomic E-state index is 0.578. The number of hydrogen-bond acceptors (Lipinski definition) is 0. The van der Waals surface area contributed by atoms with Crippen LogP contribution in [0.4, 0.5) is 0 Å². The van der Waals surface area contributed by atoms with Gasteiger partial charge in [-0.3, -0.25) is 0 Å². The van der Waals surface area contributed by atoms with Gasteiger partial charge in [-0.1, -0.05) is 52.9 Å². The number of rotatable bonds is 3. The van der Waals surface area contributed by atoms with Crippen LogP contribution in [0.3, 0.4) is 0 Å². The van der Waals surface area contributed by atoms with Crippen LogP contribution in [-0.2, 0) is 0 Å². The normalized spacial score (nSPS) is 21.5. The van der Waals surface area contributed by atoms with E-state index >= 15 is 0 Å². The molecular formula is C12H25P. The van der Waals surface area contributed by atoms with Gasteiger partial charge in [-0.15, -0.1) is 8.58 Å². The molecule has 13 heavy (non-hydrogen) atoms. The van der Waals surface area contributed by atoms with E-state index in [0.29, 0.717) is 5.16 Å². The molecule has 0 saturated heterocycles. The third-order valence-electron chi connectivity index (χ3n) is 2.93. The van der Waals surface area contributed by atoms with E-state index in [1.54, 1.807) is 0 Å².